The average Bonchev–Trinajstić information content (AvgIpc) is 3.18. The Labute approximate surface area is 234 Å². The molecule has 7 heteroatoms. The molecule has 0 spiro atoms. The SMILES string of the molecule is Cc1ccccc1COc1ccc(C(O)=C2C(=O)C(=O)N(Cc3cccnc3)C2c2ccc(I)cc2)cc1. The fourth-order valence-corrected chi connectivity index (χ4v) is 4.88. The first-order chi connectivity index (χ1) is 18.4. The van der Waals surface area contributed by atoms with Gasteiger partial charge in [0.25, 0.3) is 11.7 Å². The van der Waals surface area contributed by atoms with Crippen molar-refractivity contribution in [3.63, 3.8) is 0 Å². The largest absolute Gasteiger partial charge is 0.507 e. The van der Waals surface area contributed by atoms with Crippen LogP contribution >= 0.6 is 22.6 Å². The van der Waals surface area contributed by atoms with E-state index < -0.39 is 17.7 Å². The normalized spacial score (nSPS) is 16.6. The van der Waals surface area contributed by atoms with Crippen LogP contribution < -0.4 is 4.74 Å². The predicted octanol–water partition coefficient (Wildman–Crippen LogP) is 6.20. The van der Waals surface area contributed by atoms with Gasteiger partial charge in [-0.1, -0.05) is 42.5 Å². The number of likely N-dealkylation sites (tertiary alicyclic amines) is 1. The summed E-state index contributed by atoms with van der Waals surface area (Å²) >= 11 is 2.21. The molecule has 4 aromatic rings. The number of aliphatic hydroxyl groups is 1. The first kappa shape index (κ1) is 25.7. The second-order valence-corrected chi connectivity index (χ2v) is 10.3. The summed E-state index contributed by atoms with van der Waals surface area (Å²) in [6.45, 7) is 2.65. The van der Waals surface area contributed by atoms with Gasteiger partial charge in [0.1, 0.15) is 18.1 Å². The number of aryl methyl sites for hydroxylation is 1. The number of rotatable bonds is 7. The lowest BCUT2D eigenvalue weighted by Crippen LogP contribution is -2.29. The first-order valence-corrected chi connectivity index (χ1v) is 13.2. The van der Waals surface area contributed by atoms with Gasteiger partial charge in [0.2, 0.25) is 0 Å². The van der Waals surface area contributed by atoms with E-state index in [-0.39, 0.29) is 17.9 Å². The van der Waals surface area contributed by atoms with Crippen LogP contribution in [0.2, 0.25) is 0 Å². The molecular weight excluding hydrogens is 591 g/mol. The topological polar surface area (TPSA) is 79.7 Å². The summed E-state index contributed by atoms with van der Waals surface area (Å²) in [6, 6.07) is 25.4. The van der Waals surface area contributed by atoms with Crippen molar-refractivity contribution in [2.75, 3.05) is 0 Å². The third-order valence-corrected chi connectivity index (χ3v) is 7.30. The number of hydrogen-bond donors (Lipinski definition) is 1. The van der Waals surface area contributed by atoms with E-state index in [0.29, 0.717) is 17.9 Å². The Hall–Kier alpha value is -3.98. The van der Waals surface area contributed by atoms with Gasteiger partial charge in [-0.25, -0.2) is 0 Å². The first-order valence-electron chi connectivity index (χ1n) is 12.1. The van der Waals surface area contributed by atoms with Crippen LogP contribution in [0.5, 0.6) is 5.75 Å². The lowest BCUT2D eigenvalue weighted by Gasteiger charge is -2.25. The molecule has 6 nitrogen and oxygen atoms in total. The molecule has 0 bridgehead atoms. The molecule has 0 saturated carbocycles. The van der Waals surface area contributed by atoms with E-state index in [4.69, 9.17) is 4.74 Å². The number of halogens is 1. The molecule has 1 saturated heterocycles. The number of Topliss-reactive ketones (excluding diaryl/α,β-unsaturated/α-hetero) is 1. The van der Waals surface area contributed by atoms with Gasteiger partial charge in [-0.15, -0.1) is 0 Å². The Morgan fingerprint density at radius 1 is 0.974 bits per heavy atom. The Kier molecular flexibility index (Phi) is 7.55. The number of benzene rings is 3. The van der Waals surface area contributed by atoms with Crippen molar-refractivity contribution in [1.29, 1.82) is 0 Å². The lowest BCUT2D eigenvalue weighted by molar-refractivity contribution is -0.140. The number of nitrogens with zero attached hydrogens (tertiary/aromatic N) is 2. The van der Waals surface area contributed by atoms with Crippen LogP contribution in [0.15, 0.2) is 103 Å². The van der Waals surface area contributed by atoms with E-state index in [9.17, 15) is 14.7 Å². The summed E-state index contributed by atoms with van der Waals surface area (Å²) in [6.07, 6.45) is 3.32. The van der Waals surface area contributed by atoms with Crippen LogP contribution in [0.4, 0.5) is 0 Å². The highest BCUT2D eigenvalue weighted by Gasteiger charge is 2.46. The Bertz CT molecular complexity index is 1500. The smallest absolute Gasteiger partial charge is 0.295 e. The van der Waals surface area contributed by atoms with Crippen LogP contribution in [0.3, 0.4) is 0 Å². The van der Waals surface area contributed by atoms with Crippen LogP contribution in [0.1, 0.15) is 33.9 Å². The summed E-state index contributed by atoms with van der Waals surface area (Å²) in [7, 11) is 0. The summed E-state index contributed by atoms with van der Waals surface area (Å²) in [5, 5.41) is 11.3. The number of hydrogen-bond acceptors (Lipinski definition) is 5. The zero-order valence-corrected chi connectivity index (χ0v) is 22.8. The molecule has 1 aliphatic heterocycles. The predicted molar refractivity (Wildman–Crippen MR) is 153 cm³/mol. The van der Waals surface area contributed by atoms with Gasteiger partial charge in [0.15, 0.2) is 0 Å². The standard InChI is InChI=1S/C31H25IN2O4/c1-20-5-2-3-7-24(20)19-38-26-14-10-23(11-15-26)29(35)27-28(22-8-12-25(32)13-9-22)34(31(37)30(27)36)18-21-6-4-16-33-17-21/h2-17,28,35H,18-19H2,1H3. The van der Waals surface area contributed by atoms with Crippen molar-refractivity contribution in [2.24, 2.45) is 0 Å². The summed E-state index contributed by atoms with van der Waals surface area (Å²) in [5.41, 5.74) is 4.27. The highest BCUT2D eigenvalue weighted by molar-refractivity contribution is 14.1. The van der Waals surface area contributed by atoms with Crippen LogP contribution in [0, 0.1) is 10.5 Å². The van der Waals surface area contributed by atoms with Gasteiger partial charge in [-0.2, -0.15) is 0 Å². The quantitative estimate of drug-likeness (QED) is 0.116. The third-order valence-electron chi connectivity index (χ3n) is 6.58. The van der Waals surface area contributed by atoms with Gasteiger partial charge in [0, 0.05) is 28.1 Å². The van der Waals surface area contributed by atoms with Crippen LogP contribution in [0.25, 0.3) is 5.76 Å². The van der Waals surface area contributed by atoms with Gasteiger partial charge >= 0.3 is 0 Å². The third kappa shape index (κ3) is 5.33. The maximum Gasteiger partial charge on any atom is 0.295 e. The van der Waals surface area contributed by atoms with Crippen LogP contribution in [-0.2, 0) is 22.7 Å². The van der Waals surface area contributed by atoms with E-state index in [1.54, 1.807) is 42.7 Å². The highest BCUT2D eigenvalue weighted by Crippen LogP contribution is 2.40. The Morgan fingerprint density at radius 3 is 2.39 bits per heavy atom. The van der Waals surface area contributed by atoms with Gasteiger partial charge in [0.05, 0.1) is 11.6 Å². The minimum absolute atomic E-state index is 0.0636. The number of carbonyl (C=O) groups excluding carboxylic acids is 2. The van der Waals surface area contributed by atoms with E-state index in [0.717, 1.165) is 25.8 Å². The Morgan fingerprint density at radius 2 is 1.71 bits per heavy atom. The fraction of sp³-hybridized carbons (Fsp3) is 0.129. The van der Waals surface area contributed by atoms with Crippen LogP contribution in [-0.4, -0.2) is 26.7 Å². The van der Waals surface area contributed by atoms with E-state index in [1.807, 2.05) is 61.5 Å². The van der Waals surface area contributed by atoms with Gasteiger partial charge < -0.3 is 14.7 Å². The van der Waals surface area contributed by atoms with Crippen molar-refractivity contribution >= 4 is 40.0 Å². The van der Waals surface area contributed by atoms with Crippen molar-refractivity contribution in [2.45, 2.75) is 26.1 Å². The number of ether oxygens (including phenoxy) is 1. The summed E-state index contributed by atoms with van der Waals surface area (Å²) in [5.74, 6) is -0.950. The number of carbonyl (C=O) groups is 2. The maximum atomic E-state index is 13.3. The molecule has 1 atom stereocenters. The molecular formula is C31H25IN2O4. The molecule has 2 heterocycles. The molecule has 5 rings (SSSR count). The maximum absolute atomic E-state index is 13.3. The van der Waals surface area contributed by atoms with Crippen molar-refractivity contribution in [3.8, 4) is 5.75 Å². The molecule has 190 valence electrons. The molecule has 1 fully saturated rings. The Balaban J connectivity index is 1.47. The minimum Gasteiger partial charge on any atom is -0.507 e. The molecule has 0 radical (unpaired) electrons. The molecule has 1 amide bonds. The van der Waals surface area contributed by atoms with E-state index in [2.05, 4.69) is 27.6 Å². The molecule has 1 aromatic heterocycles. The average molecular weight is 616 g/mol. The van der Waals surface area contributed by atoms with E-state index >= 15 is 0 Å². The summed E-state index contributed by atoms with van der Waals surface area (Å²) in [4.78, 5) is 32.1. The molecule has 38 heavy (non-hydrogen) atoms. The zero-order valence-electron chi connectivity index (χ0n) is 20.7. The molecule has 0 aliphatic carbocycles. The number of aromatic nitrogens is 1. The summed E-state index contributed by atoms with van der Waals surface area (Å²) < 4.78 is 6.95. The number of ketones is 1. The lowest BCUT2D eigenvalue weighted by atomic mass is 9.95. The second-order valence-electron chi connectivity index (χ2n) is 9.08. The molecule has 1 unspecified atom stereocenters. The zero-order chi connectivity index (χ0) is 26.6. The molecule has 1 N–H and O–H groups in total. The minimum atomic E-state index is -0.732. The van der Waals surface area contributed by atoms with Crippen molar-refractivity contribution in [3.05, 3.63) is 134 Å². The molecule has 3 aromatic carbocycles. The highest BCUT2D eigenvalue weighted by atomic mass is 127. The number of pyridine rings is 1. The monoisotopic (exact) mass is 616 g/mol. The number of aliphatic hydroxyl groups excluding tert-OH is 1. The fourth-order valence-electron chi connectivity index (χ4n) is 4.52. The molecule has 1 aliphatic rings. The van der Waals surface area contributed by atoms with Gasteiger partial charge in [-0.05, 0) is 94.2 Å². The number of amides is 1. The van der Waals surface area contributed by atoms with Crippen molar-refractivity contribution < 1.29 is 19.4 Å². The van der Waals surface area contributed by atoms with Gasteiger partial charge in [-0.3, -0.25) is 14.6 Å². The van der Waals surface area contributed by atoms with Crippen molar-refractivity contribution in [1.82, 2.24) is 9.88 Å². The second kappa shape index (κ2) is 11.2. The van der Waals surface area contributed by atoms with E-state index in [1.165, 1.54) is 4.90 Å².